The summed E-state index contributed by atoms with van der Waals surface area (Å²) < 4.78 is 5.72. The van der Waals surface area contributed by atoms with Gasteiger partial charge in [-0.3, -0.25) is 4.90 Å². The van der Waals surface area contributed by atoms with Crippen LogP contribution in [0.5, 0.6) is 0 Å². The summed E-state index contributed by atoms with van der Waals surface area (Å²) in [5.74, 6) is 1.42. The Labute approximate surface area is 176 Å². The minimum Gasteiger partial charge on any atom is -0.347 e. The molecule has 1 aliphatic heterocycles. The van der Waals surface area contributed by atoms with Crippen molar-refractivity contribution >= 4 is 0 Å². The van der Waals surface area contributed by atoms with Crippen molar-refractivity contribution in [2.75, 3.05) is 6.54 Å². The normalized spacial score (nSPS) is 16.5. The number of nitrogens with one attached hydrogen (secondary N) is 1. The highest BCUT2D eigenvalue weighted by Crippen LogP contribution is 2.31. The molecule has 3 heterocycles. The first-order chi connectivity index (χ1) is 14.8. The van der Waals surface area contributed by atoms with Crippen molar-refractivity contribution < 1.29 is 4.52 Å². The van der Waals surface area contributed by atoms with Gasteiger partial charge in [0.1, 0.15) is 0 Å². The molecule has 4 aromatic rings. The van der Waals surface area contributed by atoms with E-state index in [0.29, 0.717) is 12.3 Å². The number of imidazole rings is 1. The van der Waals surface area contributed by atoms with Gasteiger partial charge in [-0.1, -0.05) is 65.8 Å². The Bertz CT molecular complexity index is 1070. The molecule has 1 atom stereocenters. The van der Waals surface area contributed by atoms with E-state index in [9.17, 15) is 0 Å². The predicted octanol–water partition coefficient (Wildman–Crippen LogP) is 4.12. The molecule has 0 saturated heterocycles. The molecule has 30 heavy (non-hydrogen) atoms. The molecule has 2 aromatic heterocycles. The Balaban J connectivity index is 1.31. The van der Waals surface area contributed by atoms with Gasteiger partial charge in [0, 0.05) is 19.4 Å². The number of aromatic nitrogens is 4. The third kappa shape index (κ3) is 4.19. The Morgan fingerprint density at radius 3 is 2.57 bits per heavy atom. The van der Waals surface area contributed by atoms with Crippen LogP contribution in [-0.2, 0) is 25.8 Å². The lowest BCUT2D eigenvalue weighted by molar-refractivity contribution is 0.134. The van der Waals surface area contributed by atoms with E-state index in [2.05, 4.69) is 62.5 Å². The standard InChI is InChI=1S/C24H25N5O/c1-3-8-18(9-4-1)12-7-13-29-16-21-20(25-17-26-21)15-22(29)24-27-23(28-30-24)14-19-10-5-2-6-11-19/h1-6,8-11,17,22H,7,12-16H2,(H,25,26). The van der Waals surface area contributed by atoms with E-state index in [0.717, 1.165) is 43.9 Å². The number of aryl methyl sites for hydroxylation is 1. The third-order valence-corrected chi connectivity index (χ3v) is 5.72. The van der Waals surface area contributed by atoms with Gasteiger partial charge in [0.2, 0.25) is 5.89 Å². The maximum Gasteiger partial charge on any atom is 0.244 e. The molecule has 0 radical (unpaired) electrons. The van der Waals surface area contributed by atoms with Gasteiger partial charge in [-0.05, 0) is 30.5 Å². The lowest BCUT2D eigenvalue weighted by Gasteiger charge is -2.32. The highest BCUT2D eigenvalue weighted by atomic mass is 16.5. The zero-order chi connectivity index (χ0) is 20.2. The largest absolute Gasteiger partial charge is 0.347 e. The molecule has 5 rings (SSSR count). The molecule has 1 unspecified atom stereocenters. The summed E-state index contributed by atoms with van der Waals surface area (Å²) in [6.45, 7) is 1.79. The van der Waals surface area contributed by atoms with Crippen LogP contribution in [-0.4, -0.2) is 31.6 Å². The predicted molar refractivity (Wildman–Crippen MR) is 114 cm³/mol. The number of H-pyrrole nitrogens is 1. The lowest BCUT2D eigenvalue weighted by atomic mass is 10.0. The molecule has 0 fully saturated rings. The minimum atomic E-state index is 0.0635. The summed E-state index contributed by atoms with van der Waals surface area (Å²) >= 11 is 0. The van der Waals surface area contributed by atoms with Crippen molar-refractivity contribution in [3.8, 4) is 0 Å². The van der Waals surface area contributed by atoms with Gasteiger partial charge >= 0.3 is 0 Å². The molecule has 1 N–H and O–H groups in total. The topological polar surface area (TPSA) is 70.8 Å². The van der Waals surface area contributed by atoms with Crippen LogP contribution in [0.15, 0.2) is 71.5 Å². The minimum absolute atomic E-state index is 0.0635. The van der Waals surface area contributed by atoms with Gasteiger partial charge in [-0.25, -0.2) is 4.98 Å². The van der Waals surface area contributed by atoms with Crippen molar-refractivity contribution in [3.63, 3.8) is 0 Å². The smallest absolute Gasteiger partial charge is 0.244 e. The molecule has 0 spiro atoms. The van der Waals surface area contributed by atoms with Crippen molar-refractivity contribution in [2.24, 2.45) is 0 Å². The zero-order valence-corrected chi connectivity index (χ0v) is 16.9. The molecule has 0 aliphatic carbocycles. The Morgan fingerprint density at radius 2 is 1.77 bits per heavy atom. The van der Waals surface area contributed by atoms with Crippen LogP contribution >= 0.6 is 0 Å². The van der Waals surface area contributed by atoms with Gasteiger partial charge in [-0.15, -0.1) is 0 Å². The van der Waals surface area contributed by atoms with Gasteiger partial charge in [0.05, 0.1) is 23.8 Å². The van der Waals surface area contributed by atoms with Crippen molar-refractivity contribution in [2.45, 2.75) is 38.3 Å². The number of aromatic amines is 1. The van der Waals surface area contributed by atoms with Gasteiger partial charge in [0.15, 0.2) is 5.82 Å². The number of nitrogens with zero attached hydrogens (tertiary/aromatic N) is 4. The first-order valence-electron chi connectivity index (χ1n) is 10.5. The maximum atomic E-state index is 5.72. The van der Waals surface area contributed by atoms with E-state index >= 15 is 0 Å². The SMILES string of the molecule is c1ccc(CCCN2Cc3[nH]cnc3CC2c2nc(Cc3ccccc3)no2)cc1. The van der Waals surface area contributed by atoms with Crippen LogP contribution in [0.1, 0.15) is 46.7 Å². The number of fused-ring (bicyclic) bond motifs is 1. The van der Waals surface area contributed by atoms with Gasteiger partial charge < -0.3 is 9.51 Å². The summed E-state index contributed by atoms with van der Waals surface area (Å²) in [6, 6.07) is 21.0. The summed E-state index contributed by atoms with van der Waals surface area (Å²) in [7, 11) is 0. The molecule has 0 saturated carbocycles. The average Bonchev–Trinajstić information content (AvgIpc) is 3.44. The molecule has 1 aliphatic rings. The van der Waals surface area contributed by atoms with Crippen LogP contribution in [0, 0.1) is 0 Å². The summed E-state index contributed by atoms with van der Waals surface area (Å²) in [5, 5.41) is 4.25. The molecular formula is C24H25N5O. The second kappa shape index (κ2) is 8.63. The average molecular weight is 399 g/mol. The number of hydrogen-bond donors (Lipinski definition) is 1. The lowest BCUT2D eigenvalue weighted by Crippen LogP contribution is -2.35. The fourth-order valence-corrected chi connectivity index (χ4v) is 4.15. The summed E-state index contributed by atoms with van der Waals surface area (Å²) in [6.07, 6.45) is 5.39. The Morgan fingerprint density at radius 1 is 1.00 bits per heavy atom. The summed E-state index contributed by atoms with van der Waals surface area (Å²) in [5.41, 5.74) is 4.84. The quantitative estimate of drug-likeness (QED) is 0.506. The number of benzene rings is 2. The maximum absolute atomic E-state index is 5.72. The first kappa shape index (κ1) is 18.8. The van der Waals surface area contributed by atoms with Crippen LogP contribution in [0.2, 0.25) is 0 Å². The first-order valence-corrected chi connectivity index (χ1v) is 10.5. The van der Waals surface area contributed by atoms with Crippen molar-refractivity contribution in [1.29, 1.82) is 0 Å². The van der Waals surface area contributed by atoms with Gasteiger partial charge in [0.25, 0.3) is 0 Å². The Hall–Kier alpha value is -3.25. The van der Waals surface area contributed by atoms with Crippen molar-refractivity contribution in [1.82, 2.24) is 25.0 Å². The fraction of sp³-hybridized carbons (Fsp3) is 0.292. The van der Waals surface area contributed by atoms with Gasteiger partial charge in [-0.2, -0.15) is 4.98 Å². The molecule has 6 heteroatoms. The van der Waals surface area contributed by atoms with Crippen molar-refractivity contribution in [3.05, 3.63) is 101 Å². The highest BCUT2D eigenvalue weighted by molar-refractivity contribution is 5.21. The van der Waals surface area contributed by atoms with E-state index < -0.39 is 0 Å². The fourth-order valence-electron chi connectivity index (χ4n) is 4.15. The molecule has 2 aromatic carbocycles. The van der Waals surface area contributed by atoms with E-state index in [1.807, 2.05) is 18.2 Å². The second-order valence-electron chi connectivity index (χ2n) is 7.82. The molecular weight excluding hydrogens is 374 g/mol. The monoisotopic (exact) mass is 399 g/mol. The number of hydrogen-bond acceptors (Lipinski definition) is 5. The number of rotatable bonds is 7. The second-order valence-corrected chi connectivity index (χ2v) is 7.82. The van der Waals surface area contributed by atoms with E-state index in [-0.39, 0.29) is 6.04 Å². The molecule has 6 nitrogen and oxygen atoms in total. The molecule has 0 bridgehead atoms. The van der Waals surface area contributed by atoms with Crippen LogP contribution in [0.4, 0.5) is 0 Å². The molecule has 0 amide bonds. The van der Waals surface area contributed by atoms with E-state index in [1.165, 1.54) is 16.8 Å². The van der Waals surface area contributed by atoms with Crippen LogP contribution in [0.25, 0.3) is 0 Å². The highest BCUT2D eigenvalue weighted by Gasteiger charge is 2.32. The van der Waals surface area contributed by atoms with E-state index in [4.69, 9.17) is 9.51 Å². The van der Waals surface area contributed by atoms with E-state index in [1.54, 1.807) is 6.33 Å². The Kier molecular flexibility index (Phi) is 5.40. The summed E-state index contributed by atoms with van der Waals surface area (Å²) in [4.78, 5) is 15.0. The van der Waals surface area contributed by atoms with Crippen LogP contribution in [0.3, 0.4) is 0 Å². The third-order valence-electron chi connectivity index (χ3n) is 5.72. The molecule has 152 valence electrons. The van der Waals surface area contributed by atoms with Crippen LogP contribution < -0.4 is 0 Å². The zero-order valence-electron chi connectivity index (χ0n) is 16.9.